The molecular weight excluding hydrogens is 523 g/mol. The molecule has 6 nitrogen and oxygen atoms in total. The maximum atomic E-state index is 15.7. The number of aliphatic hydroxyl groups excluding tert-OH is 1. The standard InChI is InChI=1S/C32H43FN2O4Si/c1-22-28(16-13-23-11-14-26(15-12-23)34-17-7-6-10-30(34)37)39-29(32(22)40(2,3)33)19-31(38)35-20-25-9-5-4-8-24(25)18-27(35)21-36/h4-5,8-9,11-12,14-15,22,27-29,32,36H,6-7,10,13,16-21H2,1-3H3/t22-,27-,28+,29-,32+/m0/s1. The van der Waals surface area contributed by atoms with Crippen molar-refractivity contribution in [2.24, 2.45) is 5.92 Å². The highest BCUT2D eigenvalue weighted by molar-refractivity contribution is 6.72. The van der Waals surface area contributed by atoms with E-state index in [9.17, 15) is 14.7 Å². The number of piperidine rings is 1. The molecule has 5 atom stereocenters. The lowest BCUT2D eigenvalue weighted by molar-refractivity contribution is -0.138. The molecule has 0 aliphatic carbocycles. The number of ether oxygens (including phenoxy) is 1. The lowest BCUT2D eigenvalue weighted by Crippen LogP contribution is -2.48. The first-order chi connectivity index (χ1) is 19.2. The van der Waals surface area contributed by atoms with Crippen LogP contribution >= 0.6 is 0 Å². The first-order valence-electron chi connectivity index (χ1n) is 14.9. The van der Waals surface area contributed by atoms with Gasteiger partial charge < -0.3 is 23.8 Å². The molecule has 3 heterocycles. The number of rotatable bonds is 8. The van der Waals surface area contributed by atoms with Crippen molar-refractivity contribution < 1.29 is 23.5 Å². The summed E-state index contributed by atoms with van der Waals surface area (Å²) in [6, 6.07) is 16.0. The largest absolute Gasteiger partial charge is 0.394 e. The summed E-state index contributed by atoms with van der Waals surface area (Å²) in [4.78, 5) is 29.5. The van der Waals surface area contributed by atoms with Crippen LogP contribution in [0.25, 0.3) is 0 Å². The predicted molar refractivity (Wildman–Crippen MR) is 157 cm³/mol. The first kappa shape index (κ1) is 29.0. The molecule has 0 unspecified atom stereocenters. The van der Waals surface area contributed by atoms with E-state index in [1.54, 1.807) is 18.0 Å². The highest BCUT2D eigenvalue weighted by Gasteiger charge is 2.52. The lowest BCUT2D eigenvalue weighted by atomic mass is 9.93. The summed E-state index contributed by atoms with van der Waals surface area (Å²) < 4.78 is 22.2. The number of aliphatic hydroxyl groups is 1. The van der Waals surface area contributed by atoms with Crippen LogP contribution in [0.1, 0.15) is 55.7 Å². The van der Waals surface area contributed by atoms with Crippen molar-refractivity contribution in [2.45, 2.75) is 95.3 Å². The van der Waals surface area contributed by atoms with Crippen molar-refractivity contribution >= 4 is 25.9 Å². The number of anilines is 1. The first-order valence-corrected chi connectivity index (χ1v) is 17.8. The van der Waals surface area contributed by atoms with Gasteiger partial charge in [-0.25, -0.2) is 0 Å². The van der Waals surface area contributed by atoms with E-state index in [4.69, 9.17) is 4.74 Å². The summed E-state index contributed by atoms with van der Waals surface area (Å²) in [5.74, 6) is 0.138. The third-order valence-corrected chi connectivity index (χ3v) is 11.7. The predicted octanol–water partition coefficient (Wildman–Crippen LogP) is 5.42. The fourth-order valence-corrected chi connectivity index (χ4v) is 9.68. The molecule has 216 valence electrons. The molecule has 0 spiro atoms. The van der Waals surface area contributed by atoms with Gasteiger partial charge in [-0.1, -0.05) is 43.3 Å². The smallest absolute Gasteiger partial charge is 0.246 e. The second-order valence-corrected chi connectivity index (χ2v) is 16.2. The molecule has 0 bridgehead atoms. The van der Waals surface area contributed by atoms with Crippen molar-refractivity contribution in [1.82, 2.24) is 4.90 Å². The summed E-state index contributed by atoms with van der Waals surface area (Å²) >= 11 is 0. The molecule has 2 aromatic carbocycles. The lowest BCUT2D eigenvalue weighted by Gasteiger charge is -2.37. The van der Waals surface area contributed by atoms with E-state index >= 15 is 4.11 Å². The monoisotopic (exact) mass is 566 g/mol. The zero-order valence-corrected chi connectivity index (χ0v) is 25.0. The van der Waals surface area contributed by atoms with Gasteiger partial charge in [-0.15, -0.1) is 0 Å². The van der Waals surface area contributed by atoms with E-state index in [1.165, 1.54) is 5.56 Å². The molecule has 2 aromatic rings. The van der Waals surface area contributed by atoms with Crippen LogP contribution in [0.5, 0.6) is 0 Å². The molecule has 40 heavy (non-hydrogen) atoms. The zero-order valence-electron chi connectivity index (χ0n) is 24.0. The third kappa shape index (κ3) is 6.19. The van der Waals surface area contributed by atoms with Gasteiger partial charge in [-0.2, -0.15) is 0 Å². The molecule has 1 N–H and O–H groups in total. The molecule has 0 saturated carbocycles. The van der Waals surface area contributed by atoms with Gasteiger partial charge in [-0.3, -0.25) is 9.59 Å². The number of carbonyl (C=O) groups excluding carboxylic acids is 2. The van der Waals surface area contributed by atoms with Gasteiger partial charge in [0.05, 0.1) is 31.3 Å². The van der Waals surface area contributed by atoms with Gasteiger partial charge in [0.2, 0.25) is 20.2 Å². The van der Waals surface area contributed by atoms with Crippen LogP contribution in [0.15, 0.2) is 48.5 Å². The van der Waals surface area contributed by atoms with Crippen LogP contribution in [-0.2, 0) is 33.7 Å². The number of halogens is 1. The fourth-order valence-electron chi connectivity index (χ4n) is 7.14. The van der Waals surface area contributed by atoms with E-state index in [-0.39, 0.29) is 48.4 Å². The normalized spacial score (nSPS) is 27.1. The number of hydrogen-bond acceptors (Lipinski definition) is 4. The maximum absolute atomic E-state index is 15.7. The van der Waals surface area contributed by atoms with E-state index in [1.807, 2.05) is 35.2 Å². The highest BCUT2D eigenvalue weighted by Crippen LogP contribution is 2.47. The average molecular weight is 567 g/mol. The van der Waals surface area contributed by atoms with Crippen molar-refractivity contribution in [1.29, 1.82) is 0 Å². The Morgan fingerprint density at radius 3 is 2.48 bits per heavy atom. The summed E-state index contributed by atoms with van der Waals surface area (Å²) in [5, 5.41) is 10.0. The van der Waals surface area contributed by atoms with Gasteiger partial charge >= 0.3 is 0 Å². The van der Waals surface area contributed by atoms with Gasteiger partial charge in [0.25, 0.3) is 0 Å². The number of fused-ring (bicyclic) bond motifs is 1. The van der Waals surface area contributed by atoms with Crippen molar-refractivity contribution in [3.63, 3.8) is 0 Å². The number of carbonyl (C=O) groups is 2. The molecule has 8 heteroatoms. The van der Waals surface area contributed by atoms with Gasteiger partial charge in [0.15, 0.2) is 0 Å². The fraction of sp³-hybridized carbons (Fsp3) is 0.562. The van der Waals surface area contributed by atoms with E-state index in [2.05, 4.69) is 25.1 Å². The Morgan fingerprint density at radius 2 is 1.80 bits per heavy atom. The Hall–Kier alpha value is -2.55. The van der Waals surface area contributed by atoms with Gasteiger partial charge in [0.1, 0.15) is 0 Å². The molecular formula is C32H43FN2O4Si. The van der Waals surface area contributed by atoms with Crippen LogP contribution < -0.4 is 4.90 Å². The Morgan fingerprint density at radius 1 is 1.07 bits per heavy atom. The Labute approximate surface area is 238 Å². The van der Waals surface area contributed by atoms with E-state index in [0.29, 0.717) is 19.4 Å². The Bertz CT molecular complexity index is 1200. The second-order valence-electron chi connectivity index (χ2n) is 12.4. The van der Waals surface area contributed by atoms with Crippen LogP contribution in [0.3, 0.4) is 0 Å². The summed E-state index contributed by atoms with van der Waals surface area (Å²) in [7, 11) is -3.12. The Kier molecular flexibility index (Phi) is 8.78. The van der Waals surface area contributed by atoms with Crippen LogP contribution in [0, 0.1) is 5.92 Å². The number of hydrogen-bond donors (Lipinski definition) is 1. The zero-order chi connectivity index (χ0) is 28.4. The molecule has 5 rings (SSSR count). The topological polar surface area (TPSA) is 70.1 Å². The molecule has 3 aliphatic rings. The minimum atomic E-state index is -3.12. The summed E-state index contributed by atoms with van der Waals surface area (Å²) in [6.07, 6.45) is 4.36. The van der Waals surface area contributed by atoms with Gasteiger partial charge in [0, 0.05) is 30.7 Å². The molecule has 2 amide bonds. The number of amides is 2. The van der Waals surface area contributed by atoms with E-state index < -0.39 is 14.5 Å². The molecule has 2 fully saturated rings. The summed E-state index contributed by atoms with van der Waals surface area (Å²) in [6.45, 7) is 6.68. The van der Waals surface area contributed by atoms with Crippen molar-refractivity contribution in [2.75, 3.05) is 18.1 Å². The number of aryl methyl sites for hydroxylation is 1. The highest BCUT2D eigenvalue weighted by atomic mass is 28.4. The Balaban J connectivity index is 1.23. The van der Waals surface area contributed by atoms with Crippen molar-refractivity contribution in [3.8, 4) is 0 Å². The number of nitrogens with zero attached hydrogens (tertiary/aromatic N) is 2. The maximum Gasteiger partial charge on any atom is 0.246 e. The average Bonchev–Trinajstić information content (AvgIpc) is 3.26. The molecule has 3 aliphatic heterocycles. The van der Waals surface area contributed by atoms with Crippen LogP contribution in [-0.4, -0.2) is 61.6 Å². The molecule has 0 radical (unpaired) electrons. The van der Waals surface area contributed by atoms with Crippen LogP contribution in [0.4, 0.5) is 9.80 Å². The minimum absolute atomic E-state index is 0.0189. The summed E-state index contributed by atoms with van der Waals surface area (Å²) in [5.41, 5.74) is 4.12. The van der Waals surface area contributed by atoms with Crippen molar-refractivity contribution in [3.05, 3.63) is 65.2 Å². The second kappa shape index (κ2) is 12.1. The SMILES string of the molecule is C[C@@H]1[C@@H]([Si](C)(C)F)[C@H](CC(=O)N2Cc3ccccc3C[C@H]2CO)O[C@@H]1CCc1ccc(N2CCCCC2=O)cc1. The quantitative estimate of drug-likeness (QED) is 0.342. The third-order valence-electron chi connectivity index (χ3n) is 9.25. The minimum Gasteiger partial charge on any atom is -0.394 e. The van der Waals surface area contributed by atoms with Gasteiger partial charge in [-0.05, 0) is 79.9 Å². The molecule has 2 saturated heterocycles. The van der Waals surface area contributed by atoms with E-state index in [0.717, 1.165) is 49.0 Å². The van der Waals surface area contributed by atoms with Crippen LogP contribution in [0.2, 0.25) is 18.6 Å². The number of benzene rings is 2. The molecule has 0 aromatic heterocycles.